The van der Waals surface area contributed by atoms with Crippen molar-refractivity contribution >= 4 is 5.91 Å². The van der Waals surface area contributed by atoms with E-state index < -0.39 is 0 Å². The number of likely N-dealkylation sites (tertiary alicyclic amines) is 1. The van der Waals surface area contributed by atoms with E-state index in [-0.39, 0.29) is 18.6 Å². The molecule has 0 saturated carbocycles. The van der Waals surface area contributed by atoms with Gasteiger partial charge in [-0.15, -0.1) is 5.10 Å². The van der Waals surface area contributed by atoms with E-state index in [0.29, 0.717) is 29.8 Å². The van der Waals surface area contributed by atoms with Gasteiger partial charge in [-0.25, -0.2) is 5.10 Å². The third-order valence-electron chi connectivity index (χ3n) is 5.42. The molecular weight excluding hydrogens is 410 g/mol. The van der Waals surface area contributed by atoms with Crippen molar-refractivity contribution in [3.8, 4) is 28.5 Å². The van der Waals surface area contributed by atoms with Crippen molar-refractivity contribution in [1.29, 1.82) is 0 Å². The highest BCUT2D eigenvalue weighted by molar-refractivity contribution is 5.78. The summed E-state index contributed by atoms with van der Waals surface area (Å²) in [6.45, 7) is 0.610. The molecule has 0 spiro atoms. The van der Waals surface area contributed by atoms with E-state index in [9.17, 15) is 4.79 Å². The number of ether oxygens (including phenoxy) is 1. The van der Waals surface area contributed by atoms with Crippen LogP contribution in [0.1, 0.15) is 31.2 Å². The Morgan fingerprint density at radius 3 is 2.69 bits per heavy atom. The number of aromatic nitrogens is 6. The van der Waals surface area contributed by atoms with Crippen LogP contribution in [0.4, 0.5) is 0 Å². The zero-order chi connectivity index (χ0) is 21.8. The molecule has 0 radical (unpaired) electrons. The second kappa shape index (κ2) is 8.96. The van der Waals surface area contributed by atoms with Crippen molar-refractivity contribution in [1.82, 2.24) is 35.7 Å². The summed E-state index contributed by atoms with van der Waals surface area (Å²) >= 11 is 0. The lowest BCUT2D eigenvalue weighted by atomic mass is 10.0. The van der Waals surface area contributed by atoms with E-state index in [2.05, 4.69) is 30.8 Å². The van der Waals surface area contributed by atoms with Gasteiger partial charge in [0.1, 0.15) is 11.8 Å². The number of amides is 1. The van der Waals surface area contributed by atoms with Gasteiger partial charge in [-0.05, 0) is 41.8 Å². The molecule has 32 heavy (non-hydrogen) atoms. The summed E-state index contributed by atoms with van der Waals surface area (Å²) in [5.41, 5.74) is 1.65. The quantitative estimate of drug-likeness (QED) is 0.494. The smallest absolute Gasteiger partial charge is 0.261 e. The molecule has 10 nitrogen and oxygen atoms in total. The Kier molecular flexibility index (Phi) is 5.56. The first-order valence-corrected chi connectivity index (χ1v) is 10.4. The summed E-state index contributed by atoms with van der Waals surface area (Å²) in [7, 11) is 0. The number of piperidine rings is 1. The van der Waals surface area contributed by atoms with Crippen LogP contribution in [0.2, 0.25) is 0 Å². The largest absolute Gasteiger partial charge is 0.484 e. The van der Waals surface area contributed by atoms with Gasteiger partial charge in [-0.2, -0.15) is 4.98 Å². The average Bonchev–Trinajstić information content (AvgIpc) is 3.56. The summed E-state index contributed by atoms with van der Waals surface area (Å²) < 4.78 is 11.2. The zero-order valence-corrected chi connectivity index (χ0v) is 17.2. The molecule has 1 aliphatic rings. The maximum Gasteiger partial charge on any atom is 0.261 e. The monoisotopic (exact) mass is 431 g/mol. The Hall–Kier alpha value is -4.08. The number of H-pyrrole nitrogens is 1. The number of nitrogens with zero attached hydrogens (tertiary/aromatic N) is 6. The van der Waals surface area contributed by atoms with Crippen LogP contribution in [0, 0.1) is 0 Å². The minimum absolute atomic E-state index is 0.0283. The van der Waals surface area contributed by atoms with Gasteiger partial charge in [0.15, 0.2) is 12.4 Å². The average molecular weight is 431 g/mol. The molecular formula is C22H21N7O3. The van der Waals surface area contributed by atoms with Crippen LogP contribution in [0.15, 0.2) is 59.1 Å². The number of carbonyl (C=O) groups excluding carboxylic acids is 1. The predicted molar refractivity (Wildman–Crippen MR) is 113 cm³/mol. The van der Waals surface area contributed by atoms with Crippen LogP contribution in [-0.4, -0.2) is 54.7 Å². The number of nitrogens with one attached hydrogen (secondary N) is 1. The van der Waals surface area contributed by atoms with Crippen LogP contribution >= 0.6 is 0 Å². The van der Waals surface area contributed by atoms with Crippen LogP contribution in [0.3, 0.4) is 0 Å². The third-order valence-corrected chi connectivity index (χ3v) is 5.42. The van der Waals surface area contributed by atoms with Gasteiger partial charge in [-0.1, -0.05) is 47.6 Å². The molecule has 1 aliphatic heterocycles. The van der Waals surface area contributed by atoms with Crippen LogP contribution < -0.4 is 4.74 Å². The van der Waals surface area contributed by atoms with Gasteiger partial charge in [-0.3, -0.25) is 4.79 Å². The summed E-state index contributed by atoms with van der Waals surface area (Å²) in [5, 5.41) is 17.9. The number of benzene rings is 2. The Morgan fingerprint density at radius 1 is 1.09 bits per heavy atom. The molecule has 5 rings (SSSR count). The fourth-order valence-corrected chi connectivity index (χ4v) is 3.78. The number of hydrogen-bond acceptors (Lipinski definition) is 8. The topological polar surface area (TPSA) is 123 Å². The summed E-state index contributed by atoms with van der Waals surface area (Å²) in [4.78, 5) is 19.2. The van der Waals surface area contributed by atoms with Crippen molar-refractivity contribution in [2.24, 2.45) is 0 Å². The number of aromatic amines is 1. The second-order valence-corrected chi connectivity index (χ2v) is 7.48. The highest BCUT2D eigenvalue weighted by atomic mass is 16.5. The molecule has 162 valence electrons. The van der Waals surface area contributed by atoms with Crippen molar-refractivity contribution < 1.29 is 14.1 Å². The van der Waals surface area contributed by atoms with Crippen molar-refractivity contribution in [2.75, 3.05) is 13.2 Å². The highest BCUT2D eigenvalue weighted by Crippen LogP contribution is 2.31. The molecule has 1 amide bonds. The minimum atomic E-state index is -0.253. The van der Waals surface area contributed by atoms with E-state index in [1.807, 2.05) is 54.6 Å². The molecule has 1 unspecified atom stereocenters. The van der Waals surface area contributed by atoms with Gasteiger partial charge >= 0.3 is 0 Å². The summed E-state index contributed by atoms with van der Waals surface area (Å²) in [6.07, 6.45) is 2.70. The Labute approximate surface area is 183 Å². The molecule has 1 fully saturated rings. The third kappa shape index (κ3) is 4.20. The molecule has 10 heteroatoms. The number of para-hydroxylation sites is 1. The fourth-order valence-electron chi connectivity index (χ4n) is 3.78. The van der Waals surface area contributed by atoms with E-state index in [1.165, 1.54) is 0 Å². The lowest BCUT2D eigenvalue weighted by Crippen LogP contribution is -2.41. The van der Waals surface area contributed by atoms with Crippen LogP contribution in [0.5, 0.6) is 5.75 Å². The van der Waals surface area contributed by atoms with Gasteiger partial charge in [0.05, 0.1) is 0 Å². The first kappa shape index (κ1) is 19.9. The maximum absolute atomic E-state index is 12.9. The number of tetrazole rings is 1. The van der Waals surface area contributed by atoms with E-state index in [1.54, 1.807) is 4.90 Å². The van der Waals surface area contributed by atoms with Gasteiger partial charge in [0.2, 0.25) is 11.7 Å². The van der Waals surface area contributed by atoms with E-state index in [0.717, 1.165) is 30.4 Å². The lowest BCUT2D eigenvalue weighted by Gasteiger charge is -2.33. The molecule has 0 bridgehead atoms. The summed E-state index contributed by atoms with van der Waals surface area (Å²) in [5.74, 6) is 2.07. The first-order valence-electron chi connectivity index (χ1n) is 10.4. The van der Waals surface area contributed by atoms with Gasteiger partial charge in [0, 0.05) is 17.7 Å². The molecule has 1 N–H and O–H groups in total. The molecule has 1 atom stereocenters. The number of rotatable bonds is 6. The van der Waals surface area contributed by atoms with Crippen LogP contribution in [0.25, 0.3) is 22.8 Å². The maximum atomic E-state index is 12.9. The van der Waals surface area contributed by atoms with Crippen LogP contribution in [-0.2, 0) is 4.79 Å². The molecule has 0 aliphatic carbocycles. The Balaban J connectivity index is 1.29. The highest BCUT2D eigenvalue weighted by Gasteiger charge is 2.32. The second-order valence-electron chi connectivity index (χ2n) is 7.48. The van der Waals surface area contributed by atoms with Crippen molar-refractivity contribution in [2.45, 2.75) is 25.3 Å². The molecule has 2 aromatic carbocycles. The molecule has 4 aromatic rings. The molecule has 2 aromatic heterocycles. The Morgan fingerprint density at radius 2 is 1.91 bits per heavy atom. The van der Waals surface area contributed by atoms with Crippen molar-refractivity contribution in [3.05, 3.63) is 60.5 Å². The minimum Gasteiger partial charge on any atom is -0.484 e. The lowest BCUT2D eigenvalue weighted by molar-refractivity contribution is -0.138. The predicted octanol–water partition coefficient (Wildman–Crippen LogP) is 3.05. The Bertz CT molecular complexity index is 1160. The van der Waals surface area contributed by atoms with Gasteiger partial charge < -0.3 is 14.2 Å². The number of carbonyl (C=O) groups is 1. The van der Waals surface area contributed by atoms with E-state index >= 15 is 0 Å². The standard InChI is InChI=1S/C22H21N7O3/c30-19(14-31-17-6-2-1-3-7-17)29-13-5-4-8-18(29)22-23-20(26-32-22)15-9-11-16(12-10-15)21-24-27-28-25-21/h1-3,6-7,9-12,18H,4-5,8,13-14H2,(H,24,25,27,28). The molecule has 1 saturated heterocycles. The summed E-state index contributed by atoms with van der Waals surface area (Å²) in [6, 6.07) is 16.6. The van der Waals surface area contributed by atoms with Crippen molar-refractivity contribution in [3.63, 3.8) is 0 Å². The normalized spacial score (nSPS) is 16.1. The number of hydrogen-bond donors (Lipinski definition) is 1. The van der Waals surface area contributed by atoms with E-state index in [4.69, 9.17) is 9.26 Å². The SMILES string of the molecule is O=C(COc1ccccc1)N1CCCCC1c1nc(-c2ccc(-c3nnn[nH]3)cc2)no1. The first-order chi connectivity index (χ1) is 15.8. The fraction of sp³-hybridized carbons (Fsp3) is 0.273. The van der Waals surface area contributed by atoms with Gasteiger partial charge in [0.25, 0.3) is 5.91 Å². The molecule has 3 heterocycles. The zero-order valence-electron chi connectivity index (χ0n) is 17.2.